The normalized spacial score (nSPS) is 10.5. The number of nitrogens with one attached hydrogen (secondary N) is 1. The third-order valence-corrected chi connectivity index (χ3v) is 5.03. The highest BCUT2D eigenvalue weighted by atomic mass is 16.5. The number of carbonyl (C=O) groups is 1. The van der Waals surface area contributed by atoms with E-state index < -0.39 is 0 Å². The van der Waals surface area contributed by atoms with Crippen LogP contribution in [0.1, 0.15) is 17.3 Å². The van der Waals surface area contributed by atoms with Crippen molar-refractivity contribution in [1.29, 1.82) is 0 Å². The van der Waals surface area contributed by atoms with Gasteiger partial charge in [0.05, 0.1) is 44.0 Å². The van der Waals surface area contributed by atoms with E-state index in [-0.39, 0.29) is 5.91 Å². The van der Waals surface area contributed by atoms with Crippen LogP contribution < -0.4 is 19.5 Å². The van der Waals surface area contributed by atoms with Gasteiger partial charge in [-0.05, 0) is 61.5 Å². The van der Waals surface area contributed by atoms with Gasteiger partial charge in [0.1, 0.15) is 5.75 Å². The Morgan fingerprint density at radius 1 is 0.939 bits per heavy atom. The van der Waals surface area contributed by atoms with Gasteiger partial charge in [-0.25, -0.2) is 4.68 Å². The number of benzene rings is 3. The predicted octanol–water partition coefficient (Wildman–Crippen LogP) is 4.60. The number of amides is 1. The molecule has 0 unspecified atom stereocenters. The minimum Gasteiger partial charge on any atom is -0.493 e. The second-order valence-corrected chi connectivity index (χ2v) is 7.03. The Balaban J connectivity index is 1.56. The van der Waals surface area contributed by atoms with Gasteiger partial charge in [0, 0.05) is 11.3 Å². The standard InChI is InChI=1S/C25H24N4O4/c1-4-33-22-8-6-5-7-20(22)25(30)27-18-10-12-19(13-11-18)29-21(16-26-28-29)17-9-14-23(31-2)24(15-17)32-3/h5-16H,4H2,1-3H3,(H,27,30). The molecule has 0 fully saturated rings. The molecule has 0 radical (unpaired) electrons. The third-order valence-electron chi connectivity index (χ3n) is 5.03. The molecule has 1 amide bonds. The Hall–Kier alpha value is -4.33. The molecule has 1 aromatic heterocycles. The van der Waals surface area contributed by atoms with Crippen molar-refractivity contribution in [3.05, 3.63) is 78.5 Å². The Morgan fingerprint density at radius 2 is 1.70 bits per heavy atom. The third kappa shape index (κ3) is 4.64. The lowest BCUT2D eigenvalue weighted by Gasteiger charge is -2.12. The molecule has 33 heavy (non-hydrogen) atoms. The van der Waals surface area contributed by atoms with Crippen LogP contribution in [-0.2, 0) is 0 Å². The van der Waals surface area contributed by atoms with Crippen LogP contribution in [0.5, 0.6) is 17.2 Å². The van der Waals surface area contributed by atoms with Gasteiger partial charge in [0.15, 0.2) is 11.5 Å². The smallest absolute Gasteiger partial charge is 0.259 e. The second kappa shape index (κ2) is 9.86. The van der Waals surface area contributed by atoms with Crippen molar-refractivity contribution in [2.75, 3.05) is 26.1 Å². The molecule has 0 saturated heterocycles. The molecule has 4 rings (SSSR count). The van der Waals surface area contributed by atoms with Gasteiger partial charge < -0.3 is 19.5 Å². The van der Waals surface area contributed by atoms with Crippen LogP contribution in [0.3, 0.4) is 0 Å². The maximum absolute atomic E-state index is 12.7. The van der Waals surface area contributed by atoms with E-state index >= 15 is 0 Å². The van der Waals surface area contributed by atoms with E-state index in [0.29, 0.717) is 35.1 Å². The molecule has 0 atom stereocenters. The predicted molar refractivity (Wildman–Crippen MR) is 125 cm³/mol. The zero-order valence-electron chi connectivity index (χ0n) is 18.6. The van der Waals surface area contributed by atoms with Crippen molar-refractivity contribution in [1.82, 2.24) is 15.0 Å². The fourth-order valence-electron chi connectivity index (χ4n) is 3.44. The summed E-state index contributed by atoms with van der Waals surface area (Å²) in [7, 11) is 3.19. The first-order valence-corrected chi connectivity index (χ1v) is 10.4. The Kier molecular flexibility index (Phi) is 6.54. The van der Waals surface area contributed by atoms with E-state index in [1.54, 1.807) is 43.3 Å². The maximum Gasteiger partial charge on any atom is 0.259 e. The highest BCUT2D eigenvalue weighted by molar-refractivity contribution is 6.06. The van der Waals surface area contributed by atoms with Gasteiger partial charge in [-0.15, -0.1) is 5.10 Å². The number of aromatic nitrogens is 3. The second-order valence-electron chi connectivity index (χ2n) is 7.03. The SMILES string of the molecule is CCOc1ccccc1C(=O)Nc1ccc(-n2nncc2-c2ccc(OC)c(OC)c2)cc1. The van der Waals surface area contributed by atoms with Gasteiger partial charge in [-0.1, -0.05) is 17.3 Å². The van der Waals surface area contributed by atoms with Crippen molar-refractivity contribution in [2.45, 2.75) is 6.92 Å². The lowest BCUT2D eigenvalue weighted by atomic mass is 10.1. The van der Waals surface area contributed by atoms with Crippen molar-refractivity contribution < 1.29 is 19.0 Å². The average Bonchev–Trinajstić information content (AvgIpc) is 3.34. The Labute approximate surface area is 191 Å². The highest BCUT2D eigenvalue weighted by Crippen LogP contribution is 2.32. The number of carbonyl (C=O) groups excluding carboxylic acids is 1. The van der Waals surface area contributed by atoms with E-state index in [1.165, 1.54) is 0 Å². The molecule has 0 spiro atoms. The highest BCUT2D eigenvalue weighted by Gasteiger charge is 2.14. The summed E-state index contributed by atoms with van der Waals surface area (Å²) in [4.78, 5) is 12.7. The molecule has 0 saturated carbocycles. The molecule has 1 N–H and O–H groups in total. The van der Waals surface area contributed by atoms with Crippen molar-refractivity contribution in [3.8, 4) is 34.2 Å². The maximum atomic E-state index is 12.7. The zero-order valence-corrected chi connectivity index (χ0v) is 18.6. The molecule has 4 aromatic rings. The summed E-state index contributed by atoms with van der Waals surface area (Å²) in [5.74, 6) is 1.58. The number of methoxy groups -OCH3 is 2. The topological polar surface area (TPSA) is 87.5 Å². The molecule has 0 bridgehead atoms. The van der Waals surface area contributed by atoms with Crippen LogP contribution in [0, 0.1) is 0 Å². The summed E-state index contributed by atoms with van der Waals surface area (Å²) < 4.78 is 18.0. The van der Waals surface area contributed by atoms with Gasteiger partial charge in [-0.3, -0.25) is 4.79 Å². The summed E-state index contributed by atoms with van der Waals surface area (Å²) in [6, 6.07) is 20.1. The van der Waals surface area contributed by atoms with E-state index in [2.05, 4.69) is 15.6 Å². The number of anilines is 1. The number of nitrogens with zero attached hydrogens (tertiary/aromatic N) is 3. The molecule has 168 valence electrons. The minimum absolute atomic E-state index is 0.237. The molecular formula is C25H24N4O4. The first-order chi connectivity index (χ1) is 16.1. The van der Waals surface area contributed by atoms with Crippen LogP contribution in [0.25, 0.3) is 16.9 Å². The minimum atomic E-state index is -0.237. The first-order valence-electron chi connectivity index (χ1n) is 10.4. The number of hydrogen-bond donors (Lipinski definition) is 1. The van der Waals surface area contributed by atoms with Gasteiger partial charge in [0.2, 0.25) is 0 Å². The molecule has 0 aliphatic carbocycles. The number of ether oxygens (including phenoxy) is 3. The fraction of sp³-hybridized carbons (Fsp3) is 0.160. The molecule has 3 aromatic carbocycles. The van der Waals surface area contributed by atoms with Gasteiger partial charge in [-0.2, -0.15) is 0 Å². The molecule has 1 heterocycles. The molecule has 0 aliphatic rings. The van der Waals surface area contributed by atoms with Crippen LogP contribution >= 0.6 is 0 Å². The van der Waals surface area contributed by atoms with Gasteiger partial charge in [0.25, 0.3) is 5.91 Å². The Morgan fingerprint density at radius 3 is 2.42 bits per heavy atom. The van der Waals surface area contributed by atoms with Crippen LogP contribution in [0.2, 0.25) is 0 Å². The molecule has 8 heteroatoms. The quantitative estimate of drug-likeness (QED) is 0.427. The molecule has 0 aliphatic heterocycles. The summed E-state index contributed by atoms with van der Waals surface area (Å²) in [6.07, 6.45) is 1.68. The first kappa shape index (κ1) is 21.9. The van der Waals surface area contributed by atoms with E-state index in [9.17, 15) is 4.79 Å². The average molecular weight is 444 g/mol. The molecule has 8 nitrogen and oxygen atoms in total. The number of para-hydroxylation sites is 1. The van der Waals surface area contributed by atoms with Crippen LogP contribution in [0.15, 0.2) is 72.9 Å². The van der Waals surface area contributed by atoms with Gasteiger partial charge >= 0.3 is 0 Å². The number of hydrogen-bond acceptors (Lipinski definition) is 6. The van der Waals surface area contributed by atoms with Crippen molar-refractivity contribution >= 4 is 11.6 Å². The lowest BCUT2D eigenvalue weighted by molar-refractivity contribution is 0.102. The molecular weight excluding hydrogens is 420 g/mol. The van der Waals surface area contributed by atoms with Crippen LogP contribution in [0.4, 0.5) is 5.69 Å². The fourth-order valence-corrected chi connectivity index (χ4v) is 3.44. The van der Waals surface area contributed by atoms with E-state index in [0.717, 1.165) is 16.9 Å². The van der Waals surface area contributed by atoms with E-state index in [4.69, 9.17) is 14.2 Å². The zero-order chi connectivity index (χ0) is 23.2. The van der Waals surface area contributed by atoms with Crippen molar-refractivity contribution in [3.63, 3.8) is 0 Å². The van der Waals surface area contributed by atoms with Crippen molar-refractivity contribution in [2.24, 2.45) is 0 Å². The van der Waals surface area contributed by atoms with Crippen LogP contribution in [-0.4, -0.2) is 41.7 Å². The lowest BCUT2D eigenvalue weighted by Crippen LogP contribution is -2.13. The summed E-state index contributed by atoms with van der Waals surface area (Å²) in [6.45, 7) is 2.37. The monoisotopic (exact) mass is 444 g/mol. The van der Waals surface area contributed by atoms with E-state index in [1.807, 2.05) is 55.5 Å². The summed E-state index contributed by atoms with van der Waals surface area (Å²) in [5.41, 5.74) is 3.60. The Bertz CT molecular complexity index is 1250. The number of rotatable bonds is 8. The summed E-state index contributed by atoms with van der Waals surface area (Å²) >= 11 is 0. The largest absolute Gasteiger partial charge is 0.493 e. The summed E-state index contributed by atoms with van der Waals surface area (Å²) in [5, 5.41) is 11.2.